The molecule has 0 aromatic heterocycles. The van der Waals surface area contributed by atoms with Crippen molar-refractivity contribution in [2.24, 2.45) is 0 Å². The summed E-state index contributed by atoms with van der Waals surface area (Å²) in [6.45, 7) is 0.540. The molecule has 5 heteroatoms. The molecule has 0 fully saturated rings. The first-order chi connectivity index (χ1) is 15.6. The maximum Gasteiger partial charge on any atom is 0.312 e. The van der Waals surface area contributed by atoms with Gasteiger partial charge < -0.3 is 9.47 Å². The fourth-order valence-electron chi connectivity index (χ4n) is 4.23. The molecule has 0 amide bonds. The van der Waals surface area contributed by atoms with Crippen molar-refractivity contribution in [1.29, 1.82) is 0 Å². The van der Waals surface area contributed by atoms with Gasteiger partial charge in [0, 0.05) is 23.5 Å². The second-order valence-electron chi connectivity index (χ2n) is 7.83. The highest BCUT2D eigenvalue weighted by molar-refractivity contribution is 6.27. The van der Waals surface area contributed by atoms with Crippen LogP contribution < -0.4 is 4.74 Å². The summed E-state index contributed by atoms with van der Waals surface area (Å²) in [5, 5.41) is 0. The number of rotatable bonds is 5. The maximum atomic E-state index is 13.2. The van der Waals surface area contributed by atoms with E-state index < -0.39 is 17.7 Å². The number of carbonyl (C=O) groups excluding carboxylic acids is 3. The van der Waals surface area contributed by atoms with Gasteiger partial charge in [-0.05, 0) is 23.3 Å². The molecule has 3 aromatic rings. The Hall–Kier alpha value is -3.99. The first kappa shape index (κ1) is 19.9. The summed E-state index contributed by atoms with van der Waals surface area (Å²) in [5.41, 5.74) is 2.84. The van der Waals surface area contributed by atoms with Crippen molar-refractivity contribution in [3.8, 4) is 5.75 Å². The van der Waals surface area contributed by atoms with Crippen LogP contribution in [-0.4, -0.2) is 24.1 Å². The molecule has 0 saturated carbocycles. The van der Waals surface area contributed by atoms with Gasteiger partial charge in [-0.2, -0.15) is 0 Å². The summed E-state index contributed by atoms with van der Waals surface area (Å²) in [7, 11) is 0. The van der Waals surface area contributed by atoms with E-state index in [1.807, 2.05) is 42.5 Å². The molecular formula is C27H20O5. The molecule has 0 unspecified atom stereocenters. The van der Waals surface area contributed by atoms with Crippen LogP contribution in [0.25, 0.3) is 0 Å². The third-order valence-electron chi connectivity index (χ3n) is 5.83. The predicted molar refractivity (Wildman–Crippen MR) is 118 cm³/mol. The summed E-state index contributed by atoms with van der Waals surface area (Å²) in [6.07, 6.45) is 0.803. The third-order valence-corrected chi connectivity index (χ3v) is 5.83. The van der Waals surface area contributed by atoms with Crippen LogP contribution in [0, 0.1) is 0 Å². The quantitative estimate of drug-likeness (QED) is 0.557. The predicted octanol–water partition coefficient (Wildman–Crippen LogP) is 4.67. The van der Waals surface area contributed by atoms with Crippen LogP contribution in [0.15, 0.2) is 90.2 Å². The van der Waals surface area contributed by atoms with Gasteiger partial charge in [0.05, 0.1) is 18.6 Å². The van der Waals surface area contributed by atoms with Crippen LogP contribution >= 0.6 is 0 Å². The standard InChI is InChI=1S/C27H20O5/c28-23-16-22(24-25(29)20-8-4-5-9-21(20)26(30)27(24)32-23)18-10-12-19(13-11-18)31-15-14-17-6-2-1-3-7-17/h1-13,22H,14-16H2/t22-/m0/s1. The Labute approximate surface area is 185 Å². The lowest BCUT2D eigenvalue weighted by Crippen LogP contribution is -2.32. The summed E-state index contributed by atoms with van der Waals surface area (Å²) >= 11 is 0. The van der Waals surface area contributed by atoms with Crippen molar-refractivity contribution < 1.29 is 23.9 Å². The molecule has 1 aliphatic carbocycles. The molecule has 3 aromatic carbocycles. The highest BCUT2D eigenvalue weighted by Gasteiger charge is 2.42. The summed E-state index contributed by atoms with van der Waals surface area (Å²) in [6, 6.07) is 24.0. The highest BCUT2D eigenvalue weighted by atomic mass is 16.5. The zero-order valence-corrected chi connectivity index (χ0v) is 17.2. The average Bonchev–Trinajstić information content (AvgIpc) is 2.83. The largest absolute Gasteiger partial charge is 0.493 e. The monoisotopic (exact) mass is 424 g/mol. The van der Waals surface area contributed by atoms with Gasteiger partial charge in [-0.25, -0.2) is 0 Å². The molecule has 0 N–H and O–H groups in total. The minimum atomic E-state index is -0.533. The van der Waals surface area contributed by atoms with E-state index in [0.29, 0.717) is 17.9 Å². The number of ether oxygens (including phenoxy) is 2. The summed E-state index contributed by atoms with van der Waals surface area (Å²) < 4.78 is 11.1. The van der Waals surface area contributed by atoms with Gasteiger partial charge in [0.2, 0.25) is 5.78 Å². The average molecular weight is 424 g/mol. The zero-order chi connectivity index (χ0) is 22.1. The number of hydrogen-bond donors (Lipinski definition) is 0. The number of fused-ring (bicyclic) bond motifs is 1. The second-order valence-corrected chi connectivity index (χ2v) is 7.83. The Morgan fingerprint density at radius 3 is 2.16 bits per heavy atom. The van der Waals surface area contributed by atoms with Gasteiger partial charge >= 0.3 is 5.97 Å². The Morgan fingerprint density at radius 2 is 1.44 bits per heavy atom. The van der Waals surface area contributed by atoms with Crippen LogP contribution in [0.5, 0.6) is 5.75 Å². The Morgan fingerprint density at radius 1 is 0.781 bits per heavy atom. The molecule has 5 rings (SSSR count). The molecule has 5 nitrogen and oxygen atoms in total. The molecule has 0 radical (unpaired) electrons. The van der Waals surface area contributed by atoms with Gasteiger partial charge in [-0.1, -0.05) is 66.7 Å². The molecule has 0 saturated heterocycles. The molecule has 0 bridgehead atoms. The van der Waals surface area contributed by atoms with E-state index in [0.717, 1.165) is 12.0 Å². The van der Waals surface area contributed by atoms with Crippen molar-refractivity contribution in [2.45, 2.75) is 18.8 Å². The molecule has 1 heterocycles. The van der Waals surface area contributed by atoms with Gasteiger partial charge in [0.1, 0.15) is 5.75 Å². The van der Waals surface area contributed by atoms with Crippen LogP contribution in [0.1, 0.15) is 44.2 Å². The maximum absolute atomic E-state index is 13.2. The SMILES string of the molecule is O=C1C[C@@H](c2ccc(OCCc3ccccc3)cc2)C2=C(O1)C(=O)c1ccccc1C2=O. The number of hydrogen-bond acceptors (Lipinski definition) is 5. The summed E-state index contributed by atoms with van der Waals surface area (Å²) in [5.74, 6) is -1.18. The van der Waals surface area contributed by atoms with Crippen LogP contribution in [0.4, 0.5) is 0 Å². The fourth-order valence-corrected chi connectivity index (χ4v) is 4.23. The van der Waals surface area contributed by atoms with Crippen molar-refractivity contribution in [1.82, 2.24) is 0 Å². The normalized spacial score (nSPS) is 17.5. The summed E-state index contributed by atoms with van der Waals surface area (Å²) in [4.78, 5) is 38.4. The van der Waals surface area contributed by atoms with E-state index >= 15 is 0 Å². The Kier molecular flexibility index (Phi) is 5.15. The van der Waals surface area contributed by atoms with Crippen molar-refractivity contribution in [2.75, 3.05) is 6.61 Å². The second kappa shape index (κ2) is 8.27. The number of esters is 1. The Bertz CT molecular complexity index is 1240. The minimum Gasteiger partial charge on any atom is -0.493 e. The molecule has 1 aliphatic heterocycles. The first-order valence-corrected chi connectivity index (χ1v) is 10.5. The molecule has 0 spiro atoms. The lowest BCUT2D eigenvalue weighted by atomic mass is 9.77. The smallest absolute Gasteiger partial charge is 0.312 e. The molecule has 158 valence electrons. The van der Waals surface area contributed by atoms with E-state index in [1.165, 1.54) is 5.56 Å². The van der Waals surface area contributed by atoms with E-state index in [9.17, 15) is 14.4 Å². The number of ketones is 2. The van der Waals surface area contributed by atoms with Crippen LogP contribution in [0.3, 0.4) is 0 Å². The molecular weight excluding hydrogens is 404 g/mol. The van der Waals surface area contributed by atoms with Crippen molar-refractivity contribution in [3.05, 3.63) is 112 Å². The van der Waals surface area contributed by atoms with E-state index in [2.05, 4.69) is 12.1 Å². The number of Topliss-reactive ketones (excluding diaryl/α,β-unsaturated/α-hetero) is 2. The van der Waals surface area contributed by atoms with Gasteiger partial charge in [-0.15, -0.1) is 0 Å². The highest BCUT2D eigenvalue weighted by Crippen LogP contribution is 2.41. The fraction of sp³-hybridized carbons (Fsp3) is 0.148. The van der Waals surface area contributed by atoms with Crippen molar-refractivity contribution >= 4 is 17.5 Å². The lowest BCUT2D eigenvalue weighted by molar-refractivity contribution is -0.140. The van der Waals surface area contributed by atoms with Crippen LogP contribution in [-0.2, 0) is 16.0 Å². The Balaban J connectivity index is 1.38. The molecule has 1 atom stereocenters. The number of carbonyl (C=O) groups is 3. The lowest BCUT2D eigenvalue weighted by Gasteiger charge is -2.30. The third kappa shape index (κ3) is 3.62. The zero-order valence-electron chi connectivity index (χ0n) is 17.2. The number of benzene rings is 3. The van der Waals surface area contributed by atoms with E-state index in [-0.39, 0.29) is 29.1 Å². The van der Waals surface area contributed by atoms with E-state index in [4.69, 9.17) is 9.47 Å². The number of allylic oxidation sites excluding steroid dienone is 2. The van der Waals surface area contributed by atoms with Gasteiger partial charge in [-0.3, -0.25) is 14.4 Å². The van der Waals surface area contributed by atoms with Gasteiger partial charge in [0.25, 0.3) is 0 Å². The first-order valence-electron chi connectivity index (χ1n) is 10.5. The topological polar surface area (TPSA) is 69.7 Å². The van der Waals surface area contributed by atoms with Crippen LogP contribution in [0.2, 0.25) is 0 Å². The van der Waals surface area contributed by atoms with Gasteiger partial charge in [0.15, 0.2) is 11.5 Å². The molecule has 2 aliphatic rings. The minimum absolute atomic E-state index is 0.00817. The van der Waals surface area contributed by atoms with E-state index in [1.54, 1.807) is 24.3 Å². The molecule has 32 heavy (non-hydrogen) atoms. The van der Waals surface area contributed by atoms with Crippen molar-refractivity contribution in [3.63, 3.8) is 0 Å².